The Bertz CT molecular complexity index is 1210. The summed E-state index contributed by atoms with van der Waals surface area (Å²) in [5, 5.41) is 9.24. The first kappa shape index (κ1) is 23.9. The van der Waals surface area contributed by atoms with E-state index in [0.717, 1.165) is 5.56 Å². The highest BCUT2D eigenvalue weighted by Crippen LogP contribution is 2.30. The van der Waals surface area contributed by atoms with Gasteiger partial charge in [-0.15, -0.1) is 10.2 Å². The molecule has 0 spiro atoms. The molecule has 0 radical (unpaired) electrons. The first-order chi connectivity index (χ1) is 16.6. The number of halogens is 1. The molecule has 4 aromatic rings. The van der Waals surface area contributed by atoms with Crippen LogP contribution in [0.4, 0.5) is 5.95 Å². The van der Waals surface area contributed by atoms with Crippen molar-refractivity contribution in [2.45, 2.75) is 24.8 Å². The summed E-state index contributed by atoms with van der Waals surface area (Å²) in [5.74, 6) is 2.28. The van der Waals surface area contributed by atoms with Gasteiger partial charge in [-0.05, 0) is 30.5 Å². The molecule has 1 N–H and O–H groups in total. The van der Waals surface area contributed by atoms with Gasteiger partial charge in [0.25, 0.3) is 0 Å². The number of aromatic nitrogens is 6. The first-order valence-electron chi connectivity index (χ1n) is 10.5. The van der Waals surface area contributed by atoms with E-state index in [1.807, 2.05) is 41.8 Å². The number of pyridine rings is 1. The number of methoxy groups -OCH3 is 2. The Morgan fingerprint density at radius 2 is 1.79 bits per heavy atom. The SMILES string of the molecule is COc1cccc(-c2nnc(NSC(C)C(OC)c3ncc(Cl)cn3)n2Cc2ccccc2)n1. The van der Waals surface area contributed by atoms with Gasteiger partial charge in [0.15, 0.2) is 11.6 Å². The molecule has 0 amide bonds. The molecule has 176 valence electrons. The van der Waals surface area contributed by atoms with Crippen molar-refractivity contribution < 1.29 is 9.47 Å². The number of benzene rings is 1. The Morgan fingerprint density at radius 1 is 1.03 bits per heavy atom. The zero-order valence-electron chi connectivity index (χ0n) is 18.9. The lowest BCUT2D eigenvalue weighted by molar-refractivity contribution is 0.0972. The molecular formula is C23H24ClN7O2S. The second kappa shape index (κ2) is 11.3. The van der Waals surface area contributed by atoms with Gasteiger partial charge in [-0.2, -0.15) is 0 Å². The molecule has 0 saturated carbocycles. The predicted molar refractivity (Wildman–Crippen MR) is 133 cm³/mol. The second-order valence-electron chi connectivity index (χ2n) is 7.32. The minimum Gasteiger partial charge on any atom is -0.481 e. The van der Waals surface area contributed by atoms with E-state index in [1.54, 1.807) is 32.7 Å². The lowest BCUT2D eigenvalue weighted by atomic mass is 10.2. The van der Waals surface area contributed by atoms with Crippen LogP contribution >= 0.6 is 23.5 Å². The van der Waals surface area contributed by atoms with Crippen LogP contribution in [0, 0.1) is 0 Å². The van der Waals surface area contributed by atoms with Crippen LogP contribution in [0.25, 0.3) is 11.5 Å². The summed E-state index contributed by atoms with van der Waals surface area (Å²) in [7, 11) is 3.21. The summed E-state index contributed by atoms with van der Waals surface area (Å²) < 4.78 is 16.3. The molecule has 34 heavy (non-hydrogen) atoms. The molecule has 0 fully saturated rings. The number of hydrogen-bond acceptors (Lipinski definition) is 9. The zero-order chi connectivity index (χ0) is 23.9. The summed E-state index contributed by atoms with van der Waals surface area (Å²) in [6.07, 6.45) is 2.77. The number of hydrogen-bond donors (Lipinski definition) is 1. The Hall–Kier alpha value is -3.21. The monoisotopic (exact) mass is 497 g/mol. The average Bonchev–Trinajstić information content (AvgIpc) is 3.27. The molecule has 11 heteroatoms. The van der Waals surface area contributed by atoms with Gasteiger partial charge in [0.2, 0.25) is 11.8 Å². The van der Waals surface area contributed by atoms with Gasteiger partial charge in [-0.25, -0.2) is 15.0 Å². The maximum absolute atomic E-state index is 5.92. The van der Waals surface area contributed by atoms with Crippen LogP contribution in [-0.4, -0.2) is 49.2 Å². The lowest BCUT2D eigenvalue weighted by Crippen LogP contribution is -2.19. The van der Waals surface area contributed by atoms with Gasteiger partial charge >= 0.3 is 0 Å². The molecule has 2 atom stereocenters. The van der Waals surface area contributed by atoms with Crippen molar-refractivity contribution >= 4 is 29.5 Å². The van der Waals surface area contributed by atoms with Crippen LogP contribution in [-0.2, 0) is 11.3 Å². The molecule has 9 nitrogen and oxygen atoms in total. The van der Waals surface area contributed by atoms with Crippen LogP contribution in [0.5, 0.6) is 5.88 Å². The summed E-state index contributed by atoms with van der Waals surface area (Å²) in [6, 6.07) is 15.7. The fourth-order valence-electron chi connectivity index (χ4n) is 3.32. The van der Waals surface area contributed by atoms with Crippen molar-refractivity contribution in [1.82, 2.24) is 29.7 Å². The molecule has 4 rings (SSSR count). The summed E-state index contributed by atoms with van der Waals surface area (Å²) in [4.78, 5) is 13.1. The van der Waals surface area contributed by atoms with Crippen molar-refractivity contribution in [2.24, 2.45) is 0 Å². The van der Waals surface area contributed by atoms with Gasteiger partial charge < -0.3 is 9.47 Å². The van der Waals surface area contributed by atoms with E-state index in [9.17, 15) is 0 Å². The summed E-state index contributed by atoms with van der Waals surface area (Å²) in [6.45, 7) is 2.58. The molecule has 3 aromatic heterocycles. The van der Waals surface area contributed by atoms with Crippen molar-refractivity contribution in [3.05, 3.63) is 77.3 Å². The van der Waals surface area contributed by atoms with Gasteiger partial charge in [-0.1, -0.05) is 48.0 Å². The fourth-order valence-corrected chi connectivity index (χ4v) is 4.22. The van der Waals surface area contributed by atoms with Crippen LogP contribution < -0.4 is 9.46 Å². The fraction of sp³-hybridized carbons (Fsp3) is 0.261. The molecule has 0 aliphatic heterocycles. The predicted octanol–water partition coefficient (Wildman–Crippen LogP) is 4.68. The molecule has 1 aromatic carbocycles. The van der Waals surface area contributed by atoms with Gasteiger partial charge in [0.05, 0.1) is 23.9 Å². The van der Waals surface area contributed by atoms with Crippen molar-refractivity contribution in [3.63, 3.8) is 0 Å². The highest BCUT2D eigenvalue weighted by atomic mass is 35.5. The second-order valence-corrected chi connectivity index (χ2v) is 8.94. The number of anilines is 1. The molecule has 0 bridgehead atoms. The van der Waals surface area contributed by atoms with Gasteiger partial charge in [0.1, 0.15) is 11.8 Å². The van der Waals surface area contributed by atoms with E-state index in [0.29, 0.717) is 40.7 Å². The Morgan fingerprint density at radius 3 is 2.50 bits per heavy atom. The van der Waals surface area contributed by atoms with Gasteiger partial charge in [-0.3, -0.25) is 9.29 Å². The zero-order valence-corrected chi connectivity index (χ0v) is 20.5. The third-order valence-electron chi connectivity index (χ3n) is 5.01. The Labute approximate surface area is 207 Å². The molecule has 3 heterocycles. The minimum atomic E-state index is -0.347. The van der Waals surface area contributed by atoms with E-state index in [-0.39, 0.29) is 11.4 Å². The number of rotatable bonds is 10. The largest absolute Gasteiger partial charge is 0.481 e. The Kier molecular flexibility index (Phi) is 7.94. The van der Waals surface area contributed by atoms with E-state index in [2.05, 4.69) is 42.0 Å². The van der Waals surface area contributed by atoms with Crippen molar-refractivity contribution in [2.75, 3.05) is 18.9 Å². The first-order valence-corrected chi connectivity index (χ1v) is 11.7. The van der Waals surface area contributed by atoms with E-state index >= 15 is 0 Å². The van der Waals surface area contributed by atoms with Crippen molar-refractivity contribution in [1.29, 1.82) is 0 Å². The number of nitrogens with zero attached hydrogens (tertiary/aromatic N) is 6. The maximum atomic E-state index is 5.92. The molecule has 0 aliphatic carbocycles. The normalized spacial score (nSPS) is 12.8. The molecule has 0 saturated heterocycles. The maximum Gasteiger partial charge on any atom is 0.235 e. The highest BCUT2D eigenvalue weighted by molar-refractivity contribution is 8.01. The number of ether oxygens (including phenoxy) is 2. The highest BCUT2D eigenvalue weighted by Gasteiger charge is 2.24. The van der Waals surface area contributed by atoms with Crippen LogP contribution in [0.1, 0.15) is 24.4 Å². The molecule has 0 aliphatic rings. The molecule has 2 unspecified atom stereocenters. The van der Waals surface area contributed by atoms with E-state index < -0.39 is 0 Å². The summed E-state index contributed by atoms with van der Waals surface area (Å²) >= 11 is 7.37. The van der Waals surface area contributed by atoms with Crippen molar-refractivity contribution in [3.8, 4) is 17.4 Å². The minimum absolute atomic E-state index is 0.0496. The van der Waals surface area contributed by atoms with Crippen LogP contribution in [0.15, 0.2) is 60.9 Å². The van der Waals surface area contributed by atoms with Gasteiger partial charge in [0, 0.05) is 25.6 Å². The third kappa shape index (κ3) is 5.64. The third-order valence-corrected chi connectivity index (χ3v) is 6.12. The molecular weight excluding hydrogens is 474 g/mol. The Balaban J connectivity index is 1.59. The van der Waals surface area contributed by atoms with E-state index in [1.165, 1.54) is 11.9 Å². The summed E-state index contributed by atoms with van der Waals surface area (Å²) in [5.41, 5.74) is 1.77. The number of nitrogens with one attached hydrogen (secondary N) is 1. The topological polar surface area (TPSA) is 99.9 Å². The standard InChI is InChI=1S/C23H24ClN7O2S/c1-15(20(33-3)21-25-12-17(24)13-26-21)34-30-23-29-28-22(18-10-7-11-19(27-18)32-2)31(23)14-16-8-5-4-6-9-16/h4-13,15,20H,14H2,1-3H3,(H,29,30). The van der Waals surface area contributed by atoms with E-state index in [4.69, 9.17) is 21.1 Å². The van der Waals surface area contributed by atoms with Crippen LogP contribution in [0.2, 0.25) is 5.02 Å². The smallest absolute Gasteiger partial charge is 0.235 e. The van der Waals surface area contributed by atoms with Crippen LogP contribution in [0.3, 0.4) is 0 Å². The average molecular weight is 498 g/mol. The lowest BCUT2D eigenvalue weighted by Gasteiger charge is -2.21. The quantitative estimate of drug-likeness (QED) is 0.313.